The molecule has 1 rings (SSSR count). The van der Waals surface area contributed by atoms with Gasteiger partial charge in [0.25, 0.3) is 0 Å². The van der Waals surface area contributed by atoms with Crippen molar-refractivity contribution in [1.82, 2.24) is 4.90 Å². The largest absolute Gasteiger partial charge is 0.391 e. The maximum atomic E-state index is 12.3. The summed E-state index contributed by atoms with van der Waals surface area (Å²) in [5.41, 5.74) is 6.23. The van der Waals surface area contributed by atoms with E-state index in [-0.39, 0.29) is 30.3 Å². The summed E-state index contributed by atoms with van der Waals surface area (Å²) >= 11 is 0. The third-order valence-electron chi connectivity index (χ3n) is 4.90. The number of carbonyl (C=O) groups excluding carboxylic acids is 1. The van der Waals surface area contributed by atoms with E-state index in [1.807, 2.05) is 0 Å². The van der Waals surface area contributed by atoms with Crippen LogP contribution in [0.1, 0.15) is 65.2 Å². The molecular weight excluding hydrogens is 312 g/mol. The molecule has 0 unspecified atom stereocenters. The lowest BCUT2D eigenvalue weighted by Gasteiger charge is -2.30. The second-order valence-electron chi connectivity index (χ2n) is 7.77. The average Bonchev–Trinajstić information content (AvgIpc) is 2.46. The van der Waals surface area contributed by atoms with Gasteiger partial charge in [-0.3, -0.25) is 4.79 Å². The molecule has 0 aliphatic heterocycles. The van der Waals surface area contributed by atoms with Crippen LogP contribution in [0.15, 0.2) is 0 Å². The van der Waals surface area contributed by atoms with E-state index in [4.69, 9.17) is 5.73 Å². The minimum atomic E-state index is -0.574. The van der Waals surface area contributed by atoms with Crippen molar-refractivity contribution in [2.75, 3.05) is 14.1 Å². The molecule has 0 spiro atoms. The van der Waals surface area contributed by atoms with E-state index in [0.29, 0.717) is 18.3 Å². The second-order valence-corrected chi connectivity index (χ2v) is 7.77. The predicted octanol–water partition coefficient (Wildman–Crippen LogP) is 3.21. The molecule has 5 heteroatoms. The minimum absolute atomic E-state index is 0. The van der Waals surface area contributed by atoms with Gasteiger partial charge in [-0.15, -0.1) is 12.4 Å². The van der Waals surface area contributed by atoms with Gasteiger partial charge < -0.3 is 15.7 Å². The van der Waals surface area contributed by atoms with Crippen molar-refractivity contribution in [3.8, 4) is 0 Å². The number of hydrogen-bond acceptors (Lipinski definition) is 3. The van der Waals surface area contributed by atoms with Gasteiger partial charge >= 0.3 is 0 Å². The Morgan fingerprint density at radius 2 is 1.74 bits per heavy atom. The third kappa shape index (κ3) is 8.37. The van der Waals surface area contributed by atoms with E-state index in [1.54, 1.807) is 19.0 Å². The molecule has 1 aliphatic rings. The van der Waals surface area contributed by atoms with Gasteiger partial charge in [0.2, 0.25) is 5.91 Å². The average molecular weight is 349 g/mol. The fourth-order valence-electron chi connectivity index (χ4n) is 3.66. The molecule has 1 aliphatic carbocycles. The summed E-state index contributed by atoms with van der Waals surface area (Å²) in [7, 11) is 3.56. The maximum Gasteiger partial charge on any atom is 0.225 e. The van der Waals surface area contributed by atoms with Crippen LogP contribution in [0.5, 0.6) is 0 Å². The van der Waals surface area contributed by atoms with E-state index in [0.717, 1.165) is 12.8 Å². The number of carbonyl (C=O) groups is 1. The van der Waals surface area contributed by atoms with Gasteiger partial charge in [-0.05, 0) is 31.1 Å². The molecule has 0 heterocycles. The quantitative estimate of drug-likeness (QED) is 0.707. The number of hydrogen-bond donors (Lipinski definition) is 2. The Morgan fingerprint density at radius 3 is 2.22 bits per heavy atom. The highest BCUT2D eigenvalue weighted by atomic mass is 35.5. The van der Waals surface area contributed by atoms with Crippen LogP contribution in [0, 0.1) is 17.8 Å². The molecule has 23 heavy (non-hydrogen) atoms. The van der Waals surface area contributed by atoms with Gasteiger partial charge in [0.15, 0.2) is 0 Å². The molecule has 1 fully saturated rings. The first-order valence-electron chi connectivity index (χ1n) is 8.96. The molecule has 0 aromatic carbocycles. The van der Waals surface area contributed by atoms with Crippen molar-refractivity contribution in [3.05, 3.63) is 0 Å². The lowest BCUT2D eigenvalue weighted by atomic mass is 9.82. The Hall–Kier alpha value is -0.320. The lowest BCUT2D eigenvalue weighted by Crippen LogP contribution is -2.41. The zero-order valence-corrected chi connectivity index (χ0v) is 16.1. The highest BCUT2D eigenvalue weighted by Crippen LogP contribution is 2.29. The summed E-state index contributed by atoms with van der Waals surface area (Å²) in [6.07, 6.45) is 8.03. The van der Waals surface area contributed by atoms with Crippen LogP contribution in [-0.4, -0.2) is 42.2 Å². The molecular formula is C18H37ClN2O2. The fourth-order valence-corrected chi connectivity index (χ4v) is 3.66. The Morgan fingerprint density at radius 1 is 1.17 bits per heavy atom. The Bertz CT molecular complexity index is 331. The molecule has 3 N–H and O–H groups in total. The topological polar surface area (TPSA) is 66.6 Å². The summed E-state index contributed by atoms with van der Waals surface area (Å²) in [5.74, 6) is 1.09. The SMILES string of the molecule is CC(C)C[C@H](C[C@H](O)[C@@H](N)CC1CCCCC1)C(=O)N(C)C.Cl. The van der Waals surface area contributed by atoms with Gasteiger partial charge in [0, 0.05) is 26.1 Å². The van der Waals surface area contributed by atoms with Crippen LogP contribution >= 0.6 is 12.4 Å². The zero-order valence-electron chi connectivity index (χ0n) is 15.3. The molecule has 0 bridgehead atoms. The predicted molar refractivity (Wildman–Crippen MR) is 98.7 cm³/mol. The first kappa shape index (κ1) is 22.7. The highest BCUT2D eigenvalue weighted by molar-refractivity contribution is 5.85. The zero-order chi connectivity index (χ0) is 16.7. The molecule has 3 atom stereocenters. The van der Waals surface area contributed by atoms with Crippen molar-refractivity contribution < 1.29 is 9.90 Å². The van der Waals surface area contributed by atoms with Crippen molar-refractivity contribution >= 4 is 18.3 Å². The van der Waals surface area contributed by atoms with E-state index in [2.05, 4.69) is 13.8 Å². The summed E-state index contributed by atoms with van der Waals surface area (Å²) in [6, 6.07) is -0.201. The van der Waals surface area contributed by atoms with Crippen molar-refractivity contribution in [1.29, 1.82) is 0 Å². The van der Waals surface area contributed by atoms with Gasteiger partial charge in [-0.2, -0.15) is 0 Å². The smallest absolute Gasteiger partial charge is 0.225 e. The molecule has 1 amide bonds. The number of halogens is 1. The monoisotopic (exact) mass is 348 g/mol. The summed E-state index contributed by atoms with van der Waals surface area (Å²) in [6.45, 7) is 4.23. The minimum Gasteiger partial charge on any atom is -0.391 e. The lowest BCUT2D eigenvalue weighted by molar-refractivity contribution is -0.134. The number of rotatable bonds is 8. The summed E-state index contributed by atoms with van der Waals surface area (Å²) in [4.78, 5) is 13.9. The van der Waals surface area contributed by atoms with Crippen LogP contribution < -0.4 is 5.73 Å². The van der Waals surface area contributed by atoms with Crippen LogP contribution in [0.25, 0.3) is 0 Å². The number of aliphatic hydroxyl groups is 1. The van der Waals surface area contributed by atoms with E-state index >= 15 is 0 Å². The number of aliphatic hydroxyl groups excluding tert-OH is 1. The van der Waals surface area contributed by atoms with Crippen molar-refractivity contribution in [3.63, 3.8) is 0 Å². The maximum absolute atomic E-state index is 12.3. The Kier molecular flexibility index (Phi) is 11.1. The summed E-state index contributed by atoms with van der Waals surface area (Å²) < 4.78 is 0. The van der Waals surface area contributed by atoms with Crippen LogP contribution in [-0.2, 0) is 4.79 Å². The van der Waals surface area contributed by atoms with Gasteiger partial charge in [-0.25, -0.2) is 0 Å². The van der Waals surface area contributed by atoms with E-state index in [1.165, 1.54) is 32.1 Å². The highest BCUT2D eigenvalue weighted by Gasteiger charge is 2.28. The number of amides is 1. The van der Waals surface area contributed by atoms with Gasteiger partial charge in [0.1, 0.15) is 0 Å². The first-order valence-corrected chi connectivity index (χ1v) is 8.96. The van der Waals surface area contributed by atoms with Crippen LogP contribution in [0.4, 0.5) is 0 Å². The summed E-state index contributed by atoms with van der Waals surface area (Å²) in [5, 5.41) is 10.5. The van der Waals surface area contributed by atoms with Crippen molar-refractivity contribution in [2.24, 2.45) is 23.5 Å². The van der Waals surface area contributed by atoms with Gasteiger partial charge in [-0.1, -0.05) is 46.0 Å². The normalized spacial score (nSPS) is 19.8. The number of nitrogens with zero attached hydrogens (tertiary/aromatic N) is 1. The molecule has 1 saturated carbocycles. The van der Waals surface area contributed by atoms with E-state index < -0.39 is 6.10 Å². The third-order valence-corrected chi connectivity index (χ3v) is 4.90. The van der Waals surface area contributed by atoms with E-state index in [9.17, 15) is 9.90 Å². The van der Waals surface area contributed by atoms with Crippen molar-refractivity contribution in [2.45, 2.75) is 77.4 Å². The number of nitrogens with two attached hydrogens (primary N) is 1. The van der Waals surface area contributed by atoms with Crippen LogP contribution in [0.2, 0.25) is 0 Å². The molecule has 0 aromatic heterocycles. The molecule has 138 valence electrons. The van der Waals surface area contributed by atoms with Gasteiger partial charge in [0.05, 0.1) is 6.10 Å². The molecule has 0 aromatic rings. The molecule has 0 radical (unpaired) electrons. The second kappa shape index (κ2) is 11.3. The Labute approximate surface area is 148 Å². The molecule has 0 saturated heterocycles. The fraction of sp³-hybridized carbons (Fsp3) is 0.944. The standard InChI is InChI=1S/C18H36N2O2.ClH/c1-13(2)10-15(18(22)20(3)4)12-17(21)16(19)11-14-8-6-5-7-9-14;/h13-17,21H,5-12,19H2,1-4H3;1H/t15-,16+,17+;/m1./s1. The molecule has 4 nitrogen and oxygen atoms in total. The Balaban J connectivity index is 0.00000484. The van der Waals surface area contributed by atoms with Crippen LogP contribution in [0.3, 0.4) is 0 Å². The first-order chi connectivity index (χ1) is 10.3.